The first-order valence-corrected chi connectivity index (χ1v) is 4.46. The van der Waals surface area contributed by atoms with Gasteiger partial charge < -0.3 is 10.4 Å². The van der Waals surface area contributed by atoms with Gasteiger partial charge >= 0.3 is 0 Å². The van der Waals surface area contributed by atoms with Crippen molar-refractivity contribution in [2.75, 3.05) is 13.6 Å². The Morgan fingerprint density at radius 1 is 1.73 bits per heavy atom. The number of aliphatic hydroxyl groups is 1. The SMILES string of the molecule is CNCC(C)(O)c1cccs1. The standard InChI is InChI=1S/C8H13NOS/c1-8(10,6-9-2)7-4-3-5-11-7/h3-5,9-10H,6H2,1-2H3. The number of likely N-dealkylation sites (N-methyl/N-ethyl adjacent to an activating group) is 1. The van der Waals surface area contributed by atoms with E-state index in [9.17, 15) is 5.11 Å². The van der Waals surface area contributed by atoms with Crippen molar-refractivity contribution < 1.29 is 5.11 Å². The van der Waals surface area contributed by atoms with Gasteiger partial charge in [-0.1, -0.05) is 6.07 Å². The average molecular weight is 171 g/mol. The second kappa shape index (κ2) is 3.34. The van der Waals surface area contributed by atoms with Crippen LogP contribution in [0.3, 0.4) is 0 Å². The van der Waals surface area contributed by atoms with Crippen LogP contribution in [0.5, 0.6) is 0 Å². The molecule has 0 aliphatic carbocycles. The third-order valence-electron chi connectivity index (χ3n) is 1.57. The number of rotatable bonds is 3. The normalized spacial score (nSPS) is 16.3. The van der Waals surface area contributed by atoms with Gasteiger partial charge in [-0.15, -0.1) is 11.3 Å². The molecule has 1 rings (SSSR count). The van der Waals surface area contributed by atoms with Crippen LogP contribution in [-0.4, -0.2) is 18.7 Å². The van der Waals surface area contributed by atoms with Crippen molar-refractivity contribution in [2.24, 2.45) is 0 Å². The van der Waals surface area contributed by atoms with Crippen LogP contribution in [-0.2, 0) is 5.60 Å². The predicted molar refractivity (Wildman–Crippen MR) is 47.8 cm³/mol. The second-order valence-corrected chi connectivity index (χ2v) is 3.73. The fourth-order valence-electron chi connectivity index (χ4n) is 1.02. The molecule has 0 spiro atoms. The van der Waals surface area contributed by atoms with E-state index in [1.807, 2.05) is 31.5 Å². The maximum atomic E-state index is 9.82. The van der Waals surface area contributed by atoms with Gasteiger partial charge in [-0.2, -0.15) is 0 Å². The van der Waals surface area contributed by atoms with E-state index in [-0.39, 0.29) is 0 Å². The summed E-state index contributed by atoms with van der Waals surface area (Å²) in [5.41, 5.74) is -0.719. The van der Waals surface area contributed by atoms with Gasteiger partial charge in [-0.25, -0.2) is 0 Å². The van der Waals surface area contributed by atoms with Gasteiger partial charge in [-0.3, -0.25) is 0 Å². The van der Waals surface area contributed by atoms with E-state index in [2.05, 4.69) is 5.32 Å². The van der Waals surface area contributed by atoms with Gasteiger partial charge in [0, 0.05) is 11.4 Å². The second-order valence-electron chi connectivity index (χ2n) is 2.78. The Bertz CT molecular complexity index is 206. The van der Waals surface area contributed by atoms with Crippen LogP contribution in [0, 0.1) is 0 Å². The maximum Gasteiger partial charge on any atom is 0.108 e. The van der Waals surface area contributed by atoms with Crippen LogP contribution < -0.4 is 5.32 Å². The van der Waals surface area contributed by atoms with Crippen LogP contribution in [0.25, 0.3) is 0 Å². The summed E-state index contributed by atoms with van der Waals surface area (Å²) in [5, 5.41) is 14.7. The fraction of sp³-hybridized carbons (Fsp3) is 0.500. The van der Waals surface area contributed by atoms with E-state index < -0.39 is 5.60 Å². The van der Waals surface area contributed by atoms with Crippen LogP contribution in [0.15, 0.2) is 17.5 Å². The molecule has 0 saturated heterocycles. The van der Waals surface area contributed by atoms with Gasteiger partial charge in [-0.05, 0) is 25.4 Å². The molecule has 0 aliphatic rings. The lowest BCUT2D eigenvalue weighted by molar-refractivity contribution is 0.0630. The number of hydrogen-bond donors (Lipinski definition) is 2. The zero-order chi connectivity index (χ0) is 8.32. The summed E-state index contributed by atoms with van der Waals surface area (Å²) in [4.78, 5) is 1.01. The third kappa shape index (κ3) is 2.02. The molecule has 0 aromatic carbocycles. The first-order valence-electron chi connectivity index (χ1n) is 3.58. The molecule has 2 nitrogen and oxygen atoms in total. The highest BCUT2D eigenvalue weighted by molar-refractivity contribution is 7.10. The Kier molecular flexibility index (Phi) is 2.65. The monoisotopic (exact) mass is 171 g/mol. The molecule has 0 bridgehead atoms. The highest BCUT2D eigenvalue weighted by Crippen LogP contribution is 2.23. The summed E-state index contributed by atoms with van der Waals surface area (Å²) in [6.45, 7) is 2.41. The van der Waals surface area contributed by atoms with Crippen molar-refractivity contribution >= 4 is 11.3 Å². The summed E-state index contributed by atoms with van der Waals surface area (Å²) in [7, 11) is 1.84. The molecule has 1 heterocycles. The molecule has 0 amide bonds. The molecule has 0 saturated carbocycles. The number of nitrogens with one attached hydrogen (secondary N) is 1. The minimum absolute atomic E-state index is 0.591. The minimum atomic E-state index is -0.719. The Hall–Kier alpha value is -0.380. The molecule has 1 aromatic heterocycles. The summed E-state index contributed by atoms with van der Waals surface area (Å²) in [5.74, 6) is 0. The van der Waals surface area contributed by atoms with Gasteiger partial charge in [0.05, 0.1) is 0 Å². The average Bonchev–Trinajstić information content (AvgIpc) is 2.37. The van der Waals surface area contributed by atoms with Crippen molar-refractivity contribution in [3.05, 3.63) is 22.4 Å². The fourth-order valence-corrected chi connectivity index (χ4v) is 1.80. The lowest BCUT2D eigenvalue weighted by Gasteiger charge is -2.20. The molecule has 62 valence electrons. The lowest BCUT2D eigenvalue weighted by Crippen LogP contribution is -2.32. The summed E-state index contributed by atoms with van der Waals surface area (Å²) in [6.07, 6.45) is 0. The summed E-state index contributed by atoms with van der Waals surface area (Å²) < 4.78 is 0. The first-order chi connectivity index (χ1) is 5.17. The van der Waals surface area contributed by atoms with Crippen LogP contribution in [0.4, 0.5) is 0 Å². The highest BCUT2D eigenvalue weighted by Gasteiger charge is 2.22. The maximum absolute atomic E-state index is 9.82. The van der Waals surface area contributed by atoms with Crippen LogP contribution >= 0.6 is 11.3 Å². The van der Waals surface area contributed by atoms with Gasteiger partial charge in [0.15, 0.2) is 0 Å². The van der Waals surface area contributed by atoms with Gasteiger partial charge in [0.1, 0.15) is 5.60 Å². The van der Waals surface area contributed by atoms with Crippen molar-refractivity contribution in [3.63, 3.8) is 0 Å². The number of thiophene rings is 1. The zero-order valence-corrected chi connectivity index (χ0v) is 7.61. The van der Waals surface area contributed by atoms with Gasteiger partial charge in [0.2, 0.25) is 0 Å². The van der Waals surface area contributed by atoms with Gasteiger partial charge in [0.25, 0.3) is 0 Å². The molecular formula is C8H13NOS. The Balaban J connectivity index is 2.73. The molecule has 0 radical (unpaired) electrons. The summed E-state index contributed by atoms with van der Waals surface area (Å²) >= 11 is 1.58. The van der Waals surface area contributed by atoms with Crippen LogP contribution in [0.1, 0.15) is 11.8 Å². The third-order valence-corrected chi connectivity index (χ3v) is 2.70. The predicted octanol–water partition coefficient (Wildman–Crippen LogP) is 1.18. The molecule has 1 unspecified atom stereocenters. The topological polar surface area (TPSA) is 32.3 Å². The molecule has 0 fully saturated rings. The Morgan fingerprint density at radius 2 is 2.45 bits per heavy atom. The van der Waals surface area contributed by atoms with E-state index in [1.165, 1.54) is 0 Å². The smallest absolute Gasteiger partial charge is 0.108 e. The van der Waals surface area contributed by atoms with Crippen molar-refractivity contribution in [1.29, 1.82) is 0 Å². The molecule has 1 atom stereocenters. The molecule has 11 heavy (non-hydrogen) atoms. The Morgan fingerprint density at radius 3 is 2.91 bits per heavy atom. The molecule has 2 N–H and O–H groups in total. The first kappa shape index (κ1) is 8.71. The van der Waals surface area contributed by atoms with Crippen molar-refractivity contribution in [2.45, 2.75) is 12.5 Å². The van der Waals surface area contributed by atoms with E-state index >= 15 is 0 Å². The van der Waals surface area contributed by atoms with Crippen LogP contribution in [0.2, 0.25) is 0 Å². The van der Waals surface area contributed by atoms with Crippen molar-refractivity contribution in [1.82, 2.24) is 5.32 Å². The van der Waals surface area contributed by atoms with E-state index in [0.29, 0.717) is 6.54 Å². The molecular weight excluding hydrogens is 158 g/mol. The van der Waals surface area contributed by atoms with E-state index in [4.69, 9.17) is 0 Å². The lowest BCUT2D eigenvalue weighted by atomic mass is 10.1. The largest absolute Gasteiger partial charge is 0.383 e. The summed E-state index contributed by atoms with van der Waals surface area (Å²) in [6, 6.07) is 3.89. The molecule has 1 aromatic rings. The highest BCUT2D eigenvalue weighted by atomic mass is 32.1. The van der Waals surface area contributed by atoms with E-state index in [0.717, 1.165) is 4.88 Å². The quantitative estimate of drug-likeness (QED) is 0.715. The van der Waals surface area contributed by atoms with E-state index in [1.54, 1.807) is 11.3 Å². The molecule has 3 heteroatoms. The zero-order valence-electron chi connectivity index (χ0n) is 6.79. The molecule has 0 aliphatic heterocycles. The Labute approximate surface area is 70.9 Å². The minimum Gasteiger partial charge on any atom is -0.383 e. The van der Waals surface area contributed by atoms with Crippen molar-refractivity contribution in [3.8, 4) is 0 Å². The number of hydrogen-bond acceptors (Lipinski definition) is 3.